The molecule has 38 heavy (non-hydrogen) atoms. The number of aliphatic hydroxyl groups is 2. The van der Waals surface area contributed by atoms with Crippen LogP contribution in [0.3, 0.4) is 0 Å². The van der Waals surface area contributed by atoms with E-state index >= 15 is 0 Å². The largest absolute Gasteiger partial charge is 0.503 e. The molecule has 2 amide bonds. The number of amides is 2. The number of hydrogen-bond acceptors (Lipinski definition) is 6. The summed E-state index contributed by atoms with van der Waals surface area (Å²) in [5, 5.41) is 23.7. The van der Waals surface area contributed by atoms with Crippen LogP contribution in [0.5, 0.6) is 0 Å². The number of allylic oxidation sites excluding steroid dienone is 3. The van der Waals surface area contributed by atoms with E-state index in [1.165, 1.54) is 17.1 Å². The highest BCUT2D eigenvalue weighted by Crippen LogP contribution is 2.43. The van der Waals surface area contributed by atoms with E-state index < -0.39 is 36.3 Å². The maximum atomic E-state index is 13.4. The zero-order valence-corrected chi connectivity index (χ0v) is 24.3. The Balaban J connectivity index is 0.00000352. The maximum Gasteiger partial charge on any atom is 0.294 e. The molecule has 2 aliphatic rings. The van der Waals surface area contributed by atoms with Crippen molar-refractivity contribution in [3.63, 3.8) is 0 Å². The number of ether oxygens (including phenoxy) is 1. The third-order valence-corrected chi connectivity index (χ3v) is 6.46. The SMILES string of the molecule is CC.CC/C=C1\C(=O)N(CCC(C)(C)OC)C(C2CC2)N1C(=O)/C(O)=C/C(O)NCC(/C=C\CF)=C/CCl. The highest BCUT2D eigenvalue weighted by molar-refractivity contribution is 6.19. The number of hydrogen-bond donors (Lipinski definition) is 3. The van der Waals surface area contributed by atoms with E-state index in [1.54, 1.807) is 24.2 Å². The molecule has 0 radical (unpaired) electrons. The molecule has 1 heterocycles. The first-order valence-corrected chi connectivity index (χ1v) is 13.8. The quantitative estimate of drug-likeness (QED) is 0.0950. The molecule has 0 aromatic heterocycles. The number of nitrogens with zero attached hydrogens (tertiary/aromatic N) is 2. The lowest BCUT2D eigenvalue weighted by molar-refractivity contribution is -0.132. The number of carbonyl (C=O) groups is 2. The number of halogens is 2. The van der Waals surface area contributed by atoms with Crippen molar-refractivity contribution in [1.82, 2.24) is 15.1 Å². The summed E-state index contributed by atoms with van der Waals surface area (Å²) >= 11 is 5.71. The summed E-state index contributed by atoms with van der Waals surface area (Å²) < 4.78 is 17.9. The van der Waals surface area contributed by atoms with Gasteiger partial charge in [0.2, 0.25) is 0 Å². The minimum absolute atomic E-state index is 0.118. The number of rotatable bonds is 14. The number of methoxy groups -OCH3 is 1. The molecule has 1 saturated heterocycles. The Labute approximate surface area is 231 Å². The van der Waals surface area contributed by atoms with Crippen molar-refractivity contribution < 1.29 is 28.9 Å². The number of alkyl halides is 2. The molecule has 2 rings (SSSR count). The third-order valence-electron chi connectivity index (χ3n) is 6.30. The van der Waals surface area contributed by atoms with Crippen molar-refractivity contribution in [3.05, 3.63) is 47.4 Å². The van der Waals surface area contributed by atoms with Gasteiger partial charge in [0.1, 0.15) is 24.8 Å². The van der Waals surface area contributed by atoms with Crippen LogP contribution in [-0.2, 0) is 14.3 Å². The first kappa shape index (κ1) is 33.8. The number of aliphatic hydroxyl groups excluding tert-OH is 2. The second kappa shape index (κ2) is 16.7. The van der Waals surface area contributed by atoms with Crippen molar-refractivity contribution in [2.24, 2.45) is 5.92 Å². The zero-order chi connectivity index (χ0) is 28.9. The molecule has 1 aliphatic carbocycles. The van der Waals surface area contributed by atoms with Gasteiger partial charge in [-0.05, 0) is 51.0 Å². The molecule has 8 nitrogen and oxygen atoms in total. The zero-order valence-electron chi connectivity index (χ0n) is 23.5. The Morgan fingerprint density at radius 3 is 2.53 bits per heavy atom. The lowest BCUT2D eigenvalue weighted by atomic mass is 10.0. The average molecular weight is 558 g/mol. The monoisotopic (exact) mass is 557 g/mol. The Morgan fingerprint density at radius 1 is 1.34 bits per heavy atom. The fourth-order valence-corrected chi connectivity index (χ4v) is 4.16. The van der Waals surface area contributed by atoms with Crippen LogP contribution in [0.1, 0.15) is 60.3 Å². The van der Waals surface area contributed by atoms with Crippen LogP contribution in [0, 0.1) is 5.92 Å². The van der Waals surface area contributed by atoms with Crippen LogP contribution in [0.15, 0.2) is 47.4 Å². The van der Waals surface area contributed by atoms with Crippen molar-refractivity contribution in [2.45, 2.75) is 78.3 Å². The van der Waals surface area contributed by atoms with Gasteiger partial charge in [-0.1, -0.05) is 45.1 Å². The summed E-state index contributed by atoms with van der Waals surface area (Å²) in [5.74, 6) is -1.34. The minimum Gasteiger partial charge on any atom is -0.503 e. The summed E-state index contributed by atoms with van der Waals surface area (Å²) in [6.07, 6.45) is 8.20. The molecule has 3 N–H and O–H groups in total. The second-order valence-corrected chi connectivity index (χ2v) is 9.81. The molecule has 2 unspecified atom stereocenters. The summed E-state index contributed by atoms with van der Waals surface area (Å²) in [6.45, 7) is 9.66. The molecule has 0 spiro atoms. The molecule has 1 aliphatic heterocycles. The van der Waals surface area contributed by atoms with E-state index in [0.29, 0.717) is 25.0 Å². The molecule has 216 valence electrons. The van der Waals surface area contributed by atoms with Gasteiger partial charge in [0, 0.05) is 32.2 Å². The highest BCUT2D eigenvalue weighted by atomic mass is 35.5. The predicted octanol–water partition coefficient (Wildman–Crippen LogP) is 4.57. The van der Waals surface area contributed by atoms with Crippen molar-refractivity contribution in [1.29, 1.82) is 0 Å². The molecular weight excluding hydrogens is 513 g/mol. The Hall–Kier alpha value is -2.20. The summed E-state index contributed by atoms with van der Waals surface area (Å²) in [7, 11) is 1.62. The van der Waals surface area contributed by atoms with Gasteiger partial charge in [-0.3, -0.25) is 19.8 Å². The third kappa shape index (κ3) is 9.84. The van der Waals surface area contributed by atoms with Crippen LogP contribution >= 0.6 is 11.6 Å². The van der Waals surface area contributed by atoms with Crippen LogP contribution in [0.2, 0.25) is 0 Å². The van der Waals surface area contributed by atoms with Crippen LogP contribution in [0.4, 0.5) is 4.39 Å². The lowest BCUT2D eigenvalue weighted by Gasteiger charge is -2.32. The van der Waals surface area contributed by atoms with Gasteiger partial charge in [0.15, 0.2) is 5.76 Å². The Bertz CT molecular complexity index is 899. The van der Waals surface area contributed by atoms with E-state index in [1.807, 2.05) is 34.6 Å². The Morgan fingerprint density at radius 2 is 2.00 bits per heavy atom. The molecule has 10 heteroatoms. The van der Waals surface area contributed by atoms with E-state index in [4.69, 9.17) is 16.3 Å². The molecule has 2 atom stereocenters. The summed E-state index contributed by atoms with van der Waals surface area (Å²) in [4.78, 5) is 29.8. The smallest absolute Gasteiger partial charge is 0.294 e. The topological polar surface area (TPSA) is 102 Å². The van der Waals surface area contributed by atoms with Gasteiger partial charge in [-0.25, -0.2) is 4.39 Å². The van der Waals surface area contributed by atoms with E-state index in [9.17, 15) is 24.2 Å². The fourth-order valence-electron chi connectivity index (χ4n) is 3.97. The predicted molar refractivity (Wildman–Crippen MR) is 149 cm³/mol. The van der Waals surface area contributed by atoms with Gasteiger partial charge >= 0.3 is 0 Å². The first-order chi connectivity index (χ1) is 18.1. The molecule has 0 bridgehead atoms. The van der Waals surface area contributed by atoms with E-state index in [2.05, 4.69) is 5.32 Å². The minimum atomic E-state index is -1.36. The van der Waals surface area contributed by atoms with Crippen molar-refractivity contribution in [2.75, 3.05) is 32.8 Å². The van der Waals surface area contributed by atoms with Gasteiger partial charge in [0.05, 0.1) is 5.60 Å². The standard InChI is InChI=1S/C26H39ClFN3O5.C2H6/c1-5-7-20-24(34)30(15-12-26(2,3)36-4)23(19-9-10-19)31(20)25(35)21(32)16-22(33)29-17-18(11-13-27)8-6-14-28;1-2/h6-8,11,16,19,22-23,29,32-33H,5,9-10,12-15,17H2,1-4H3;1-2H3/b8-6-,18-11+,20-7+,21-16-;. The molecule has 2 fully saturated rings. The Kier molecular flexibility index (Phi) is 14.9. The van der Waals surface area contributed by atoms with E-state index in [0.717, 1.165) is 18.9 Å². The molecule has 0 aromatic rings. The number of nitrogens with one attached hydrogen (secondary N) is 1. The fraction of sp³-hybridized carbons (Fsp3) is 0.643. The molecular formula is C28H45ClFN3O5. The summed E-state index contributed by atoms with van der Waals surface area (Å²) in [5.41, 5.74) is 0.442. The summed E-state index contributed by atoms with van der Waals surface area (Å²) in [6, 6.07) is 0. The second-order valence-electron chi connectivity index (χ2n) is 9.50. The molecule has 1 saturated carbocycles. The van der Waals surface area contributed by atoms with Gasteiger partial charge in [0.25, 0.3) is 11.8 Å². The highest BCUT2D eigenvalue weighted by Gasteiger charge is 2.51. The van der Waals surface area contributed by atoms with Gasteiger partial charge < -0.3 is 19.8 Å². The molecule has 0 aromatic carbocycles. The maximum absolute atomic E-state index is 13.4. The van der Waals surface area contributed by atoms with Gasteiger partial charge in [-0.15, -0.1) is 11.6 Å². The normalized spacial score (nSPS) is 20.8. The lowest BCUT2D eigenvalue weighted by Crippen LogP contribution is -2.46. The van der Waals surface area contributed by atoms with Crippen molar-refractivity contribution >= 4 is 23.4 Å². The average Bonchev–Trinajstić information content (AvgIpc) is 3.70. The van der Waals surface area contributed by atoms with Gasteiger partial charge in [-0.2, -0.15) is 0 Å². The number of carbonyl (C=O) groups excluding carboxylic acids is 2. The van der Waals surface area contributed by atoms with Crippen molar-refractivity contribution in [3.8, 4) is 0 Å². The van der Waals surface area contributed by atoms with E-state index in [-0.39, 0.29) is 29.9 Å². The first-order valence-electron chi connectivity index (χ1n) is 13.3. The van der Waals surface area contributed by atoms with Crippen LogP contribution in [0.25, 0.3) is 0 Å². The van der Waals surface area contributed by atoms with Crippen LogP contribution < -0.4 is 5.32 Å². The van der Waals surface area contributed by atoms with Crippen LogP contribution in [-0.4, -0.2) is 82.6 Å².